The minimum Gasteiger partial charge on any atom is -0.371 e. The topological polar surface area (TPSA) is 21.3 Å². The maximum absolute atomic E-state index is 6.17. The van der Waals surface area contributed by atoms with Gasteiger partial charge in [0, 0.05) is 24.6 Å². The van der Waals surface area contributed by atoms with E-state index in [9.17, 15) is 0 Å². The van der Waals surface area contributed by atoms with Crippen LogP contribution in [0.25, 0.3) is 0 Å². The van der Waals surface area contributed by atoms with E-state index in [0.29, 0.717) is 28.7 Å². The second kappa shape index (κ2) is 4.71. The predicted octanol–water partition coefficient (Wildman–Crippen LogP) is 3.00. The molecule has 2 nitrogen and oxygen atoms in total. The van der Waals surface area contributed by atoms with Gasteiger partial charge in [0.2, 0.25) is 0 Å². The molecular formula is C11H12Cl3NO. The van der Waals surface area contributed by atoms with Gasteiger partial charge in [0.15, 0.2) is 0 Å². The zero-order chi connectivity index (χ0) is 10.4. The molecule has 16 heavy (non-hydrogen) atoms. The summed E-state index contributed by atoms with van der Waals surface area (Å²) in [5.74, 6) is 0.434. The monoisotopic (exact) mass is 279 g/mol. The van der Waals surface area contributed by atoms with E-state index in [1.807, 2.05) is 6.07 Å². The van der Waals surface area contributed by atoms with E-state index in [0.717, 1.165) is 18.7 Å². The number of rotatable bonds is 0. The lowest BCUT2D eigenvalue weighted by molar-refractivity contribution is 0.0300. The summed E-state index contributed by atoms with van der Waals surface area (Å²) in [5, 5.41) is 4.60. The maximum atomic E-state index is 6.17. The van der Waals surface area contributed by atoms with Crippen LogP contribution in [0.1, 0.15) is 17.0 Å². The first-order valence-electron chi connectivity index (χ1n) is 5.06. The molecule has 1 saturated heterocycles. The van der Waals surface area contributed by atoms with Crippen LogP contribution in [0.15, 0.2) is 12.1 Å². The van der Waals surface area contributed by atoms with Crippen molar-refractivity contribution in [2.45, 2.75) is 18.6 Å². The van der Waals surface area contributed by atoms with Crippen LogP contribution in [0.2, 0.25) is 10.0 Å². The Kier molecular flexibility index (Phi) is 3.67. The van der Waals surface area contributed by atoms with Crippen LogP contribution in [0.3, 0.4) is 0 Å². The molecule has 1 aromatic carbocycles. The van der Waals surface area contributed by atoms with Gasteiger partial charge in [0.25, 0.3) is 0 Å². The molecule has 2 unspecified atom stereocenters. The van der Waals surface area contributed by atoms with Gasteiger partial charge in [0.05, 0.1) is 22.8 Å². The molecule has 1 aromatic rings. The van der Waals surface area contributed by atoms with E-state index in [4.69, 9.17) is 27.9 Å². The van der Waals surface area contributed by atoms with Gasteiger partial charge in [-0.2, -0.15) is 0 Å². The summed E-state index contributed by atoms with van der Waals surface area (Å²) in [6.07, 6.45) is 0.301. The second-order valence-corrected chi connectivity index (χ2v) is 4.83. The van der Waals surface area contributed by atoms with E-state index < -0.39 is 0 Å². The standard InChI is InChI=1S/C11H11Cl2NO.ClH/c12-9-2-1-6-7-3-14-4-10(7)15-5-8(6)11(9)13;/h1-2,7,10,14H,3-5H2;1H. The molecule has 2 heterocycles. The van der Waals surface area contributed by atoms with Crippen molar-refractivity contribution in [1.29, 1.82) is 0 Å². The first-order valence-corrected chi connectivity index (χ1v) is 5.82. The van der Waals surface area contributed by atoms with Crippen molar-refractivity contribution in [1.82, 2.24) is 5.32 Å². The van der Waals surface area contributed by atoms with Gasteiger partial charge in [-0.1, -0.05) is 29.3 Å². The molecule has 5 heteroatoms. The summed E-state index contributed by atoms with van der Waals surface area (Å²) in [5.41, 5.74) is 2.36. The van der Waals surface area contributed by atoms with Crippen LogP contribution in [0.4, 0.5) is 0 Å². The molecule has 2 aliphatic heterocycles. The lowest BCUT2D eigenvalue weighted by Crippen LogP contribution is -2.27. The number of hydrogen-bond donors (Lipinski definition) is 1. The van der Waals surface area contributed by atoms with Crippen molar-refractivity contribution in [2.24, 2.45) is 0 Å². The van der Waals surface area contributed by atoms with Crippen molar-refractivity contribution < 1.29 is 4.74 Å². The number of fused-ring (bicyclic) bond motifs is 3. The minimum absolute atomic E-state index is 0. The Bertz CT molecular complexity index is 410. The molecule has 0 aromatic heterocycles. The molecule has 0 amide bonds. The largest absolute Gasteiger partial charge is 0.371 e. The Balaban J connectivity index is 0.000000963. The van der Waals surface area contributed by atoms with Crippen LogP contribution >= 0.6 is 35.6 Å². The Morgan fingerprint density at radius 2 is 2.06 bits per heavy atom. The van der Waals surface area contributed by atoms with Gasteiger partial charge in [-0.05, 0) is 11.6 Å². The first kappa shape index (κ1) is 12.5. The highest BCUT2D eigenvalue weighted by Gasteiger charge is 2.35. The molecule has 88 valence electrons. The Labute approximate surface area is 111 Å². The molecule has 0 spiro atoms. The van der Waals surface area contributed by atoms with Crippen molar-refractivity contribution >= 4 is 35.6 Å². The van der Waals surface area contributed by atoms with Gasteiger partial charge < -0.3 is 10.1 Å². The highest BCUT2D eigenvalue weighted by atomic mass is 35.5. The summed E-state index contributed by atoms with van der Waals surface area (Å²) >= 11 is 12.2. The number of benzene rings is 1. The normalized spacial score (nSPS) is 26.9. The highest BCUT2D eigenvalue weighted by Crippen LogP contribution is 2.39. The van der Waals surface area contributed by atoms with Crippen molar-refractivity contribution in [3.63, 3.8) is 0 Å². The molecule has 0 radical (unpaired) electrons. The molecule has 1 fully saturated rings. The third kappa shape index (κ3) is 1.83. The van der Waals surface area contributed by atoms with Gasteiger partial charge in [-0.3, -0.25) is 0 Å². The summed E-state index contributed by atoms with van der Waals surface area (Å²) in [6.45, 7) is 2.48. The quantitative estimate of drug-likeness (QED) is 0.789. The Hall–Kier alpha value is 0.01000. The molecule has 0 saturated carbocycles. The highest BCUT2D eigenvalue weighted by molar-refractivity contribution is 6.42. The average molecular weight is 281 g/mol. The lowest BCUT2D eigenvalue weighted by Gasteiger charge is -2.28. The zero-order valence-corrected chi connectivity index (χ0v) is 10.8. The van der Waals surface area contributed by atoms with Crippen LogP contribution in [0.5, 0.6) is 0 Å². The summed E-state index contributed by atoms with van der Waals surface area (Å²) in [4.78, 5) is 0. The average Bonchev–Trinajstić information content (AvgIpc) is 2.71. The third-order valence-corrected chi connectivity index (χ3v) is 4.08. The van der Waals surface area contributed by atoms with Crippen LogP contribution in [0, 0.1) is 0 Å². The van der Waals surface area contributed by atoms with E-state index in [2.05, 4.69) is 11.4 Å². The Morgan fingerprint density at radius 1 is 1.25 bits per heavy atom. The van der Waals surface area contributed by atoms with E-state index in [1.54, 1.807) is 0 Å². The van der Waals surface area contributed by atoms with Crippen LogP contribution in [-0.4, -0.2) is 19.2 Å². The molecule has 2 aliphatic rings. The SMILES string of the molecule is Cl.Clc1ccc2c(c1Cl)COC1CNCC21. The maximum Gasteiger partial charge on any atom is 0.0784 e. The van der Waals surface area contributed by atoms with E-state index in [-0.39, 0.29) is 12.4 Å². The van der Waals surface area contributed by atoms with Crippen molar-refractivity contribution in [3.05, 3.63) is 33.3 Å². The second-order valence-electron chi connectivity index (χ2n) is 4.04. The van der Waals surface area contributed by atoms with Crippen LogP contribution < -0.4 is 5.32 Å². The number of nitrogens with one attached hydrogen (secondary N) is 1. The van der Waals surface area contributed by atoms with E-state index in [1.165, 1.54) is 5.56 Å². The fourth-order valence-corrected chi connectivity index (χ4v) is 2.84. The fraction of sp³-hybridized carbons (Fsp3) is 0.455. The smallest absolute Gasteiger partial charge is 0.0784 e. The molecule has 0 bridgehead atoms. The number of hydrogen-bond acceptors (Lipinski definition) is 2. The number of halogens is 3. The predicted molar refractivity (Wildman–Crippen MR) is 67.9 cm³/mol. The molecule has 2 atom stereocenters. The molecule has 0 aliphatic carbocycles. The van der Waals surface area contributed by atoms with Crippen molar-refractivity contribution in [2.75, 3.05) is 13.1 Å². The van der Waals surface area contributed by atoms with Gasteiger partial charge in [-0.25, -0.2) is 0 Å². The summed E-state index contributed by atoms with van der Waals surface area (Å²) in [7, 11) is 0. The lowest BCUT2D eigenvalue weighted by atomic mass is 9.90. The molecule has 1 N–H and O–H groups in total. The Morgan fingerprint density at radius 3 is 2.88 bits per heavy atom. The summed E-state index contributed by atoms with van der Waals surface area (Å²) in [6, 6.07) is 3.96. The molecular weight excluding hydrogens is 268 g/mol. The third-order valence-electron chi connectivity index (χ3n) is 3.23. The van der Waals surface area contributed by atoms with Gasteiger partial charge in [0.1, 0.15) is 0 Å². The zero-order valence-electron chi connectivity index (χ0n) is 8.50. The van der Waals surface area contributed by atoms with Gasteiger partial charge in [-0.15, -0.1) is 12.4 Å². The van der Waals surface area contributed by atoms with Gasteiger partial charge >= 0.3 is 0 Å². The van der Waals surface area contributed by atoms with Crippen LogP contribution in [-0.2, 0) is 11.3 Å². The number of ether oxygens (including phenoxy) is 1. The summed E-state index contributed by atoms with van der Waals surface area (Å²) < 4.78 is 5.76. The van der Waals surface area contributed by atoms with E-state index >= 15 is 0 Å². The fourth-order valence-electron chi connectivity index (χ4n) is 2.43. The first-order chi connectivity index (χ1) is 7.27. The minimum atomic E-state index is 0. The molecule has 3 rings (SSSR count). The van der Waals surface area contributed by atoms with Crippen molar-refractivity contribution in [3.8, 4) is 0 Å².